The first-order valence-corrected chi connectivity index (χ1v) is 7.59. The second kappa shape index (κ2) is 5.38. The molecule has 1 fully saturated rings. The summed E-state index contributed by atoms with van der Waals surface area (Å²) in [7, 11) is -3.49. The van der Waals surface area contributed by atoms with E-state index in [0.29, 0.717) is 26.1 Å². The molecule has 0 aromatic rings. The largest absolute Gasteiger partial charge is 0.478 e. The fourth-order valence-electron chi connectivity index (χ4n) is 2.33. The molecular formula is C11H18N2O4S. The maximum atomic E-state index is 12.3. The lowest BCUT2D eigenvalue weighted by Crippen LogP contribution is -2.48. The zero-order chi connectivity index (χ0) is 13.2. The fraction of sp³-hybridized carbons (Fsp3) is 0.727. The average molecular weight is 274 g/mol. The van der Waals surface area contributed by atoms with E-state index in [9.17, 15) is 13.2 Å². The molecule has 0 bridgehead atoms. The van der Waals surface area contributed by atoms with Gasteiger partial charge < -0.3 is 5.11 Å². The number of carbonyl (C=O) groups is 1. The summed E-state index contributed by atoms with van der Waals surface area (Å²) in [6.45, 7) is 1.44. The number of carboxylic acid groups (broad SMARTS) is 1. The molecular weight excluding hydrogens is 256 g/mol. The molecule has 0 atom stereocenters. The van der Waals surface area contributed by atoms with Crippen LogP contribution in [0.1, 0.15) is 25.7 Å². The van der Waals surface area contributed by atoms with Crippen molar-refractivity contribution in [2.45, 2.75) is 25.7 Å². The summed E-state index contributed by atoms with van der Waals surface area (Å²) in [6, 6.07) is 0. The molecule has 7 heteroatoms. The number of hydrogen-bond acceptors (Lipinski definition) is 3. The smallest absolute Gasteiger partial charge is 0.332 e. The number of piperidine rings is 1. The normalized spacial score (nSPS) is 23.7. The lowest BCUT2D eigenvalue weighted by Gasteiger charge is -2.33. The Labute approximate surface area is 107 Å². The van der Waals surface area contributed by atoms with E-state index < -0.39 is 16.2 Å². The third-order valence-electron chi connectivity index (χ3n) is 3.36. The summed E-state index contributed by atoms with van der Waals surface area (Å²) in [5.74, 6) is -1.03. The van der Waals surface area contributed by atoms with E-state index in [1.165, 1.54) is 8.61 Å². The summed E-state index contributed by atoms with van der Waals surface area (Å²) in [4.78, 5) is 10.9. The quantitative estimate of drug-likeness (QED) is 0.809. The molecule has 0 aromatic heterocycles. The summed E-state index contributed by atoms with van der Waals surface area (Å²) < 4.78 is 27.4. The lowest BCUT2D eigenvalue weighted by molar-refractivity contribution is -0.132. The highest BCUT2D eigenvalue weighted by Crippen LogP contribution is 2.20. The zero-order valence-electron chi connectivity index (χ0n) is 10.2. The van der Waals surface area contributed by atoms with Crippen molar-refractivity contribution < 1.29 is 18.3 Å². The van der Waals surface area contributed by atoms with Gasteiger partial charge in [-0.05, 0) is 19.3 Å². The zero-order valence-corrected chi connectivity index (χ0v) is 11.0. The van der Waals surface area contributed by atoms with Crippen LogP contribution in [-0.2, 0) is 15.0 Å². The number of hydrogen-bond donors (Lipinski definition) is 1. The van der Waals surface area contributed by atoms with E-state index in [0.717, 1.165) is 19.3 Å². The standard InChI is InChI=1S/C11H18N2O4S/c14-11(15)10-5-4-8-13(9-10)18(16,17)12-6-2-1-3-7-12/h5H,1-4,6-9H2,(H,14,15). The van der Waals surface area contributed by atoms with E-state index in [4.69, 9.17) is 5.11 Å². The van der Waals surface area contributed by atoms with Crippen LogP contribution in [0.5, 0.6) is 0 Å². The van der Waals surface area contributed by atoms with Crippen molar-refractivity contribution >= 4 is 16.2 Å². The van der Waals surface area contributed by atoms with Gasteiger partial charge in [-0.15, -0.1) is 0 Å². The highest BCUT2D eigenvalue weighted by atomic mass is 32.2. The molecule has 6 nitrogen and oxygen atoms in total. The van der Waals surface area contributed by atoms with Crippen molar-refractivity contribution in [3.05, 3.63) is 11.6 Å². The molecule has 0 amide bonds. The highest BCUT2D eigenvalue weighted by Gasteiger charge is 2.33. The Balaban J connectivity index is 2.11. The number of aliphatic carboxylic acids is 1. The van der Waals surface area contributed by atoms with Gasteiger partial charge in [0, 0.05) is 31.8 Å². The fourth-order valence-corrected chi connectivity index (χ4v) is 4.01. The maximum Gasteiger partial charge on any atom is 0.332 e. The second-order valence-electron chi connectivity index (χ2n) is 4.62. The van der Waals surface area contributed by atoms with E-state index >= 15 is 0 Å². The van der Waals surface area contributed by atoms with Crippen molar-refractivity contribution in [1.29, 1.82) is 0 Å². The van der Waals surface area contributed by atoms with Crippen molar-refractivity contribution in [3.8, 4) is 0 Å². The van der Waals surface area contributed by atoms with Crippen LogP contribution in [0.15, 0.2) is 11.6 Å². The molecule has 102 valence electrons. The Morgan fingerprint density at radius 3 is 2.39 bits per heavy atom. The van der Waals surface area contributed by atoms with E-state index in [1.807, 2.05) is 0 Å². The van der Waals surface area contributed by atoms with Crippen molar-refractivity contribution in [2.75, 3.05) is 26.2 Å². The third-order valence-corrected chi connectivity index (χ3v) is 5.34. The number of carboxylic acids is 1. The Morgan fingerprint density at radius 1 is 1.11 bits per heavy atom. The minimum absolute atomic E-state index is 0.0197. The molecule has 0 spiro atoms. The van der Waals surface area contributed by atoms with Crippen LogP contribution in [0, 0.1) is 0 Å². The predicted octanol–water partition coefficient (Wildman–Crippen LogP) is 0.434. The van der Waals surface area contributed by atoms with Gasteiger partial charge in [0.15, 0.2) is 0 Å². The van der Waals surface area contributed by atoms with E-state index in [-0.39, 0.29) is 12.1 Å². The van der Waals surface area contributed by atoms with Gasteiger partial charge >= 0.3 is 5.97 Å². The molecule has 1 N–H and O–H groups in total. The van der Waals surface area contributed by atoms with Crippen molar-refractivity contribution in [1.82, 2.24) is 8.61 Å². The monoisotopic (exact) mass is 274 g/mol. The molecule has 18 heavy (non-hydrogen) atoms. The first-order valence-electron chi connectivity index (χ1n) is 6.19. The van der Waals surface area contributed by atoms with Crippen LogP contribution in [-0.4, -0.2) is 54.3 Å². The first-order chi connectivity index (χ1) is 8.51. The molecule has 2 heterocycles. The van der Waals surface area contributed by atoms with Gasteiger partial charge in [-0.25, -0.2) is 4.79 Å². The molecule has 0 saturated carbocycles. The van der Waals surface area contributed by atoms with Crippen molar-refractivity contribution in [3.63, 3.8) is 0 Å². The van der Waals surface area contributed by atoms with Gasteiger partial charge in [-0.3, -0.25) is 0 Å². The van der Waals surface area contributed by atoms with Crippen LogP contribution in [0.3, 0.4) is 0 Å². The first kappa shape index (κ1) is 13.5. The van der Waals surface area contributed by atoms with Crippen LogP contribution >= 0.6 is 0 Å². The Kier molecular flexibility index (Phi) is 4.04. The number of rotatable bonds is 3. The summed E-state index contributed by atoms with van der Waals surface area (Å²) in [5, 5.41) is 8.93. The molecule has 0 unspecified atom stereocenters. The SMILES string of the molecule is O=C(O)C1=CCCN(S(=O)(=O)N2CCCCC2)C1. The molecule has 2 aliphatic heterocycles. The molecule has 0 aliphatic carbocycles. The van der Waals surface area contributed by atoms with Gasteiger partial charge in [-0.2, -0.15) is 17.0 Å². The molecule has 0 aromatic carbocycles. The highest BCUT2D eigenvalue weighted by molar-refractivity contribution is 7.86. The lowest BCUT2D eigenvalue weighted by atomic mass is 10.1. The molecule has 0 radical (unpaired) electrons. The Hall–Kier alpha value is -0.920. The van der Waals surface area contributed by atoms with Gasteiger partial charge in [0.1, 0.15) is 0 Å². The topological polar surface area (TPSA) is 77.9 Å². The Bertz CT molecular complexity index is 452. The van der Waals surface area contributed by atoms with Crippen LogP contribution < -0.4 is 0 Å². The molecule has 2 rings (SSSR count). The van der Waals surface area contributed by atoms with Gasteiger partial charge in [0.05, 0.1) is 0 Å². The molecule has 1 saturated heterocycles. The van der Waals surface area contributed by atoms with Gasteiger partial charge in [0.2, 0.25) is 0 Å². The molecule has 2 aliphatic rings. The maximum absolute atomic E-state index is 12.3. The van der Waals surface area contributed by atoms with Crippen LogP contribution in [0.4, 0.5) is 0 Å². The third kappa shape index (κ3) is 2.73. The predicted molar refractivity (Wildman–Crippen MR) is 66.3 cm³/mol. The van der Waals surface area contributed by atoms with Crippen LogP contribution in [0.2, 0.25) is 0 Å². The van der Waals surface area contributed by atoms with Crippen molar-refractivity contribution in [2.24, 2.45) is 0 Å². The number of nitrogens with zero attached hydrogens (tertiary/aromatic N) is 2. The van der Waals surface area contributed by atoms with Gasteiger partial charge in [0.25, 0.3) is 10.2 Å². The van der Waals surface area contributed by atoms with Gasteiger partial charge in [-0.1, -0.05) is 12.5 Å². The van der Waals surface area contributed by atoms with Crippen LogP contribution in [0.25, 0.3) is 0 Å². The minimum atomic E-state index is -3.49. The summed E-state index contributed by atoms with van der Waals surface area (Å²) >= 11 is 0. The summed E-state index contributed by atoms with van der Waals surface area (Å²) in [6.07, 6.45) is 4.90. The minimum Gasteiger partial charge on any atom is -0.478 e. The second-order valence-corrected chi connectivity index (χ2v) is 6.55. The van der Waals surface area contributed by atoms with E-state index in [1.54, 1.807) is 6.08 Å². The Morgan fingerprint density at radius 2 is 1.78 bits per heavy atom. The average Bonchev–Trinajstić information content (AvgIpc) is 2.40. The summed E-state index contributed by atoms with van der Waals surface area (Å²) in [5.41, 5.74) is 0.168. The van der Waals surface area contributed by atoms with E-state index in [2.05, 4.69) is 0 Å².